The van der Waals surface area contributed by atoms with Gasteiger partial charge >= 0.3 is 0 Å². The van der Waals surface area contributed by atoms with Crippen LogP contribution in [-0.2, 0) is 0 Å². The highest BCUT2D eigenvalue weighted by atomic mass is 16.5. The maximum atomic E-state index is 12.4. The van der Waals surface area contributed by atoms with Crippen molar-refractivity contribution in [3.05, 3.63) is 46.8 Å². The molecular weight excluding hydrogens is 264 g/mol. The van der Waals surface area contributed by atoms with E-state index in [1.807, 2.05) is 44.2 Å². The van der Waals surface area contributed by atoms with Gasteiger partial charge in [-0.05, 0) is 44.5 Å². The van der Waals surface area contributed by atoms with Crippen molar-refractivity contribution < 1.29 is 4.74 Å². The van der Waals surface area contributed by atoms with Crippen LogP contribution in [0.5, 0.6) is 5.75 Å². The molecule has 1 atom stereocenters. The molecule has 1 aromatic carbocycles. The Morgan fingerprint density at radius 2 is 1.90 bits per heavy atom. The number of aromatic nitrogens is 1. The summed E-state index contributed by atoms with van der Waals surface area (Å²) in [5, 5.41) is 0. The van der Waals surface area contributed by atoms with Crippen molar-refractivity contribution in [3.63, 3.8) is 0 Å². The molecule has 4 heteroatoms. The number of benzene rings is 1. The van der Waals surface area contributed by atoms with Crippen molar-refractivity contribution in [2.75, 3.05) is 12.3 Å². The Bertz CT molecular complexity index is 677. The second kappa shape index (κ2) is 6.48. The highest BCUT2D eigenvalue weighted by Crippen LogP contribution is 2.31. The third-order valence-electron chi connectivity index (χ3n) is 3.64. The van der Waals surface area contributed by atoms with E-state index >= 15 is 0 Å². The van der Waals surface area contributed by atoms with Gasteiger partial charge in [0.05, 0.1) is 18.0 Å². The lowest BCUT2D eigenvalue weighted by Gasteiger charge is -2.20. The molecule has 1 unspecified atom stereocenters. The summed E-state index contributed by atoms with van der Waals surface area (Å²) in [6.07, 6.45) is 0.854. The summed E-state index contributed by atoms with van der Waals surface area (Å²) in [5.74, 6) is 0.779. The van der Waals surface area contributed by atoms with E-state index in [2.05, 4.69) is 6.92 Å². The standard InChI is InChI=1S/C17H22N2O2/c1-4-12(3)19-15(11-10-14(18)17(19)20)13-8-6-7-9-16(13)21-5-2/h6-12H,4-5,18H2,1-3H3. The van der Waals surface area contributed by atoms with Gasteiger partial charge in [-0.25, -0.2) is 0 Å². The number of ether oxygens (including phenoxy) is 1. The Kier molecular flexibility index (Phi) is 4.68. The summed E-state index contributed by atoms with van der Waals surface area (Å²) < 4.78 is 7.44. The zero-order chi connectivity index (χ0) is 15.4. The van der Waals surface area contributed by atoms with Crippen LogP contribution in [0.1, 0.15) is 33.2 Å². The molecule has 112 valence electrons. The summed E-state index contributed by atoms with van der Waals surface area (Å²) in [5.41, 5.74) is 7.67. The number of nitrogens with two attached hydrogens (primary N) is 1. The Labute approximate surface area is 125 Å². The molecule has 1 aromatic heterocycles. The summed E-state index contributed by atoms with van der Waals surface area (Å²) in [6, 6.07) is 11.4. The van der Waals surface area contributed by atoms with Crippen LogP contribution in [0.3, 0.4) is 0 Å². The molecule has 2 N–H and O–H groups in total. The third-order valence-corrected chi connectivity index (χ3v) is 3.64. The molecule has 0 spiro atoms. The van der Waals surface area contributed by atoms with Crippen LogP contribution in [0.15, 0.2) is 41.2 Å². The molecule has 0 radical (unpaired) electrons. The van der Waals surface area contributed by atoms with E-state index in [0.29, 0.717) is 6.61 Å². The molecule has 0 amide bonds. The fourth-order valence-corrected chi connectivity index (χ4v) is 2.37. The van der Waals surface area contributed by atoms with E-state index in [0.717, 1.165) is 23.4 Å². The minimum absolute atomic E-state index is 0.0747. The van der Waals surface area contributed by atoms with E-state index in [4.69, 9.17) is 10.5 Å². The fraction of sp³-hybridized carbons (Fsp3) is 0.353. The first-order chi connectivity index (χ1) is 10.1. The van der Waals surface area contributed by atoms with Crippen LogP contribution in [0.4, 0.5) is 5.69 Å². The van der Waals surface area contributed by atoms with E-state index in [1.165, 1.54) is 0 Å². The van der Waals surface area contributed by atoms with Crippen molar-refractivity contribution in [1.29, 1.82) is 0 Å². The van der Waals surface area contributed by atoms with E-state index in [9.17, 15) is 4.79 Å². The molecule has 2 aromatic rings. The number of rotatable bonds is 5. The molecule has 1 heterocycles. The fourth-order valence-electron chi connectivity index (χ4n) is 2.37. The zero-order valence-electron chi connectivity index (χ0n) is 12.8. The van der Waals surface area contributed by atoms with Crippen molar-refractivity contribution in [2.24, 2.45) is 0 Å². The maximum absolute atomic E-state index is 12.4. The second-order valence-corrected chi connectivity index (χ2v) is 5.04. The highest BCUT2D eigenvalue weighted by molar-refractivity contribution is 5.68. The van der Waals surface area contributed by atoms with Gasteiger partial charge in [0.15, 0.2) is 0 Å². The first kappa shape index (κ1) is 15.2. The topological polar surface area (TPSA) is 57.2 Å². The van der Waals surface area contributed by atoms with Gasteiger partial charge in [0, 0.05) is 11.6 Å². The summed E-state index contributed by atoms with van der Waals surface area (Å²) >= 11 is 0. The smallest absolute Gasteiger partial charge is 0.274 e. The van der Waals surface area contributed by atoms with Gasteiger partial charge in [0.1, 0.15) is 5.75 Å². The van der Waals surface area contributed by atoms with Crippen LogP contribution in [-0.4, -0.2) is 11.2 Å². The maximum Gasteiger partial charge on any atom is 0.274 e. The predicted octanol–water partition coefficient (Wildman–Crippen LogP) is 3.47. The SMILES string of the molecule is CCOc1ccccc1-c1ccc(N)c(=O)n1C(C)CC. The van der Waals surface area contributed by atoms with Gasteiger partial charge < -0.3 is 15.0 Å². The van der Waals surface area contributed by atoms with Gasteiger partial charge in [-0.2, -0.15) is 0 Å². The number of hydrogen-bond donors (Lipinski definition) is 1. The molecule has 0 fully saturated rings. The van der Waals surface area contributed by atoms with Gasteiger partial charge in [0.2, 0.25) is 0 Å². The van der Waals surface area contributed by atoms with E-state index in [-0.39, 0.29) is 17.3 Å². The Morgan fingerprint density at radius 1 is 1.19 bits per heavy atom. The average molecular weight is 286 g/mol. The molecule has 21 heavy (non-hydrogen) atoms. The number of nitrogens with zero attached hydrogens (tertiary/aromatic N) is 1. The Balaban J connectivity index is 2.70. The quantitative estimate of drug-likeness (QED) is 0.915. The first-order valence-corrected chi connectivity index (χ1v) is 7.33. The third kappa shape index (κ3) is 2.94. The molecule has 4 nitrogen and oxygen atoms in total. The molecule has 0 aliphatic heterocycles. The second-order valence-electron chi connectivity index (χ2n) is 5.04. The van der Waals surface area contributed by atoms with Crippen LogP contribution in [0.2, 0.25) is 0 Å². The van der Waals surface area contributed by atoms with Gasteiger partial charge in [-0.15, -0.1) is 0 Å². The van der Waals surface area contributed by atoms with E-state index in [1.54, 1.807) is 10.6 Å². The largest absolute Gasteiger partial charge is 0.493 e. The first-order valence-electron chi connectivity index (χ1n) is 7.33. The van der Waals surface area contributed by atoms with Crippen LogP contribution < -0.4 is 16.0 Å². The number of hydrogen-bond acceptors (Lipinski definition) is 3. The van der Waals surface area contributed by atoms with Gasteiger partial charge in [-0.3, -0.25) is 4.79 Å². The molecule has 0 bridgehead atoms. The van der Waals surface area contributed by atoms with Crippen molar-refractivity contribution in [3.8, 4) is 17.0 Å². The molecule has 0 saturated heterocycles. The minimum atomic E-state index is -0.145. The monoisotopic (exact) mass is 286 g/mol. The molecule has 0 aliphatic carbocycles. The number of pyridine rings is 1. The highest BCUT2D eigenvalue weighted by Gasteiger charge is 2.16. The molecule has 0 saturated carbocycles. The molecule has 0 aliphatic rings. The zero-order valence-corrected chi connectivity index (χ0v) is 12.8. The summed E-state index contributed by atoms with van der Waals surface area (Å²) in [7, 11) is 0. The van der Waals surface area contributed by atoms with Crippen LogP contribution >= 0.6 is 0 Å². The van der Waals surface area contributed by atoms with Crippen LogP contribution in [0, 0.1) is 0 Å². The lowest BCUT2D eigenvalue weighted by Crippen LogP contribution is -2.26. The summed E-state index contributed by atoms with van der Waals surface area (Å²) in [6.45, 7) is 6.60. The predicted molar refractivity (Wildman–Crippen MR) is 86.7 cm³/mol. The number of para-hydroxylation sites is 1. The molecule has 2 rings (SSSR count). The lowest BCUT2D eigenvalue weighted by atomic mass is 10.1. The van der Waals surface area contributed by atoms with Crippen LogP contribution in [0.25, 0.3) is 11.3 Å². The molecular formula is C17H22N2O2. The normalized spacial score (nSPS) is 12.1. The average Bonchev–Trinajstić information content (AvgIpc) is 2.50. The van der Waals surface area contributed by atoms with Gasteiger partial charge in [0.25, 0.3) is 5.56 Å². The Hall–Kier alpha value is -2.23. The Morgan fingerprint density at radius 3 is 2.57 bits per heavy atom. The van der Waals surface area contributed by atoms with Crippen molar-refractivity contribution in [2.45, 2.75) is 33.2 Å². The van der Waals surface area contributed by atoms with Crippen molar-refractivity contribution >= 4 is 5.69 Å². The van der Waals surface area contributed by atoms with E-state index < -0.39 is 0 Å². The number of nitrogen functional groups attached to an aromatic ring is 1. The lowest BCUT2D eigenvalue weighted by molar-refractivity contribution is 0.341. The summed E-state index contributed by atoms with van der Waals surface area (Å²) in [4.78, 5) is 12.4. The van der Waals surface area contributed by atoms with Gasteiger partial charge in [-0.1, -0.05) is 19.1 Å². The minimum Gasteiger partial charge on any atom is -0.493 e. The number of anilines is 1. The van der Waals surface area contributed by atoms with Crippen molar-refractivity contribution in [1.82, 2.24) is 4.57 Å².